The van der Waals surface area contributed by atoms with E-state index >= 15 is 0 Å². The van der Waals surface area contributed by atoms with E-state index < -0.39 is 6.15 Å². The minimum absolute atomic E-state index is 0. The molecule has 0 amide bonds. The predicted molar refractivity (Wildman–Crippen MR) is 232 cm³/mol. The van der Waals surface area contributed by atoms with Crippen molar-refractivity contribution in [2.24, 2.45) is 0 Å². The molecule has 0 N–H and O–H groups in total. The number of benzene rings is 6. The Balaban J connectivity index is 0.000000173. The van der Waals surface area contributed by atoms with Gasteiger partial charge in [-0.1, -0.05) is 182 Å². The van der Waals surface area contributed by atoms with Crippen molar-refractivity contribution in [1.29, 1.82) is 0 Å². The van der Waals surface area contributed by atoms with E-state index in [0.717, 1.165) is 12.7 Å². The maximum atomic E-state index is 4.30. The Hall–Kier alpha value is -4.33. The minimum Gasteiger partial charge on any atom is -0.272 e. The minimum atomic E-state index is -1.22. The molecule has 0 spiro atoms. The van der Waals surface area contributed by atoms with Crippen molar-refractivity contribution in [2.75, 3.05) is 6.16 Å². The van der Waals surface area contributed by atoms with Gasteiger partial charge in [0.1, 0.15) is 6.15 Å². The van der Waals surface area contributed by atoms with Crippen LogP contribution in [0.4, 0.5) is 0 Å². The van der Waals surface area contributed by atoms with E-state index in [-0.39, 0.29) is 28.0 Å². The average molecular weight is 900 g/mol. The van der Waals surface area contributed by atoms with Crippen molar-refractivity contribution in [2.45, 2.75) is 32.2 Å². The Kier molecular flexibility index (Phi) is 17.2. The molecule has 7 aromatic rings. The van der Waals surface area contributed by atoms with Crippen LogP contribution in [0, 0.1) is 25.7 Å². The van der Waals surface area contributed by atoms with Gasteiger partial charge in [-0.3, -0.25) is 4.68 Å². The van der Waals surface area contributed by atoms with E-state index in [9.17, 15) is 0 Å². The maximum Gasteiger partial charge on any atom is 0.108 e. The number of aryl methyl sites for hydroxylation is 1. The van der Waals surface area contributed by atoms with Gasteiger partial charge < -0.3 is 0 Å². The fourth-order valence-corrected chi connectivity index (χ4v) is 9.52. The molecule has 273 valence electrons. The molecule has 1 aromatic heterocycles. The smallest absolute Gasteiger partial charge is 0.108 e. The Bertz CT molecular complexity index is 1730. The van der Waals surface area contributed by atoms with Crippen molar-refractivity contribution in [1.82, 2.24) is 9.78 Å². The molecule has 5 radical (unpaired) electrons. The molecule has 6 aromatic carbocycles. The van der Waals surface area contributed by atoms with Crippen LogP contribution >= 0.6 is 7.92 Å². The van der Waals surface area contributed by atoms with E-state index in [4.69, 9.17) is 0 Å². The Morgan fingerprint density at radius 1 is 0.426 bits per heavy atom. The van der Waals surface area contributed by atoms with Gasteiger partial charge >= 0.3 is 0 Å². The van der Waals surface area contributed by atoms with E-state index in [0.29, 0.717) is 0 Å². The van der Waals surface area contributed by atoms with Gasteiger partial charge in [0.05, 0.1) is 0 Å². The summed E-state index contributed by atoms with van der Waals surface area (Å²) in [6.07, 6.45) is 17.8. The van der Waals surface area contributed by atoms with Crippen LogP contribution < -0.4 is 32.5 Å². The second-order valence-electron chi connectivity index (χ2n) is 13.2. The normalized spacial score (nSPS) is 12.8. The van der Waals surface area contributed by atoms with Gasteiger partial charge in [-0.2, -0.15) is 26.9 Å². The second-order valence-corrected chi connectivity index (χ2v) is 15.5. The molecule has 0 saturated heterocycles. The topological polar surface area (TPSA) is 17.8 Å². The monoisotopic (exact) mass is 900 g/mol. The first-order valence-electron chi connectivity index (χ1n) is 18.9. The average Bonchev–Trinajstić information content (AvgIpc) is 3.75. The summed E-state index contributed by atoms with van der Waals surface area (Å²) in [6.45, 7) is 0.961. The molecule has 54 heavy (non-hydrogen) atoms. The number of rotatable bonds is 9. The SMILES string of the molecule is [CH]1[CH]CC[CH][CH]CC1.[Ir].c1ccc(P(CCn2cccn2)c2ccccc2)cc1.c1ccc([B-](c2ccccc2)(c2ccccc2)c2ccccc2)cc1. The van der Waals surface area contributed by atoms with Crippen molar-refractivity contribution in [3.05, 3.63) is 226 Å². The zero-order valence-electron chi connectivity index (χ0n) is 30.9. The summed E-state index contributed by atoms with van der Waals surface area (Å²) in [5.41, 5.74) is 5.36. The third-order valence-corrected chi connectivity index (χ3v) is 12.3. The molecule has 0 unspecified atom stereocenters. The summed E-state index contributed by atoms with van der Waals surface area (Å²) in [6, 6.07) is 67.1. The van der Waals surface area contributed by atoms with Gasteiger partial charge in [-0.25, -0.2) is 0 Å². The molecule has 0 bridgehead atoms. The molecule has 1 aliphatic rings. The Morgan fingerprint density at radius 3 is 1.04 bits per heavy atom. The first-order valence-corrected chi connectivity index (χ1v) is 20.4. The quantitative estimate of drug-likeness (QED) is 0.105. The van der Waals surface area contributed by atoms with Gasteiger partial charge in [-0.15, -0.1) is 0 Å². The zero-order valence-corrected chi connectivity index (χ0v) is 34.1. The summed E-state index contributed by atoms with van der Waals surface area (Å²) in [5, 5.41) is 7.17. The van der Waals surface area contributed by atoms with Crippen LogP contribution in [0.25, 0.3) is 0 Å². The van der Waals surface area contributed by atoms with Gasteiger partial charge in [-0.05, 0) is 82.1 Å². The standard InChI is InChI=1S/C24H20B.C17H17N2P.C8H12.Ir/c1-5-13-21(14-6-1)25(22-15-7-2-8-16-22,23-17-9-3-10-18-23)24-19-11-4-12-20-24;1-3-8-16(9-4-1)20(17-10-5-2-6-11-17)15-14-19-13-7-12-18-19;1-2-4-6-8-7-5-3-1;/h1-20H;1-13H,14-15H2;1-2,7-8H,3-6H2;/q-1;;;. The van der Waals surface area contributed by atoms with Crippen LogP contribution in [-0.2, 0) is 26.7 Å². The molecular weight excluding hydrogens is 851 g/mol. The van der Waals surface area contributed by atoms with Gasteiger partial charge in [0.25, 0.3) is 0 Å². The molecule has 8 rings (SSSR count). The predicted octanol–water partition coefficient (Wildman–Crippen LogP) is 8.46. The van der Waals surface area contributed by atoms with Crippen molar-refractivity contribution < 1.29 is 20.1 Å². The second kappa shape index (κ2) is 22.8. The summed E-state index contributed by atoms with van der Waals surface area (Å²) in [7, 11) is -0.316. The van der Waals surface area contributed by atoms with Crippen LogP contribution in [0.1, 0.15) is 25.7 Å². The third-order valence-electron chi connectivity index (χ3n) is 9.78. The molecule has 1 fully saturated rings. The van der Waals surface area contributed by atoms with Crippen LogP contribution in [0.2, 0.25) is 0 Å². The first kappa shape index (κ1) is 40.9. The summed E-state index contributed by atoms with van der Waals surface area (Å²) >= 11 is 0. The molecule has 1 aliphatic carbocycles. The summed E-state index contributed by atoms with van der Waals surface area (Å²) in [4.78, 5) is 0. The first-order chi connectivity index (χ1) is 26.4. The number of nitrogens with zero attached hydrogens (tertiary/aromatic N) is 2. The summed E-state index contributed by atoms with van der Waals surface area (Å²) in [5.74, 6) is 0. The number of hydrogen-bond donors (Lipinski definition) is 0. The largest absolute Gasteiger partial charge is 0.272 e. The molecule has 1 heterocycles. The zero-order chi connectivity index (χ0) is 36.2. The summed E-state index contributed by atoms with van der Waals surface area (Å²) < 4.78 is 2.02. The van der Waals surface area contributed by atoms with E-state index in [2.05, 4.69) is 213 Å². The van der Waals surface area contributed by atoms with Crippen molar-refractivity contribution >= 4 is 46.5 Å². The number of aromatic nitrogens is 2. The van der Waals surface area contributed by atoms with Gasteiger partial charge in [0.15, 0.2) is 0 Å². The van der Waals surface area contributed by atoms with Crippen molar-refractivity contribution in [3.63, 3.8) is 0 Å². The maximum absolute atomic E-state index is 4.30. The van der Waals surface area contributed by atoms with Crippen LogP contribution in [0.15, 0.2) is 200 Å². The van der Waals surface area contributed by atoms with Crippen molar-refractivity contribution in [3.8, 4) is 0 Å². The van der Waals surface area contributed by atoms with E-state index in [1.165, 1.54) is 58.1 Å². The Morgan fingerprint density at radius 2 is 0.741 bits per heavy atom. The number of hydrogen-bond acceptors (Lipinski definition) is 1. The molecular formula is C49H49BIrN2P-. The fraction of sp³-hybridized carbons (Fsp3) is 0.122. The van der Waals surface area contributed by atoms with Gasteiger partial charge in [0, 0.05) is 39.0 Å². The van der Waals surface area contributed by atoms with Crippen LogP contribution in [-0.4, -0.2) is 22.1 Å². The Labute approximate surface area is 339 Å². The van der Waals surface area contributed by atoms with Crippen LogP contribution in [0.3, 0.4) is 0 Å². The van der Waals surface area contributed by atoms with Gasteiger partial charge in [0.2, 0.25) is 0 Å². The molecule has 0 aliphatic heterocycles. The molecule has 0 atom stereocenters. The third kappa shape index (κ3) is 11.3. The molecule has 2 nitrogen and oxygen atoms in total. The molecule has 1 saturated carbocycles. The fourth-order valence-electron chi connectivity index (χ4n) is 7.24. The van der Waals surface area contributed by atoms with Crippen LogP contribution in [0.5, 0.6) is 0 Å². The van der Waals surface area contributed by atoms with E-state index in [1.54, 1.807) is 0 Å². The van der Waals surface area contributed by atoms with E-state index in [1.807, 2.05) is 23.1 Å². The molecule has 5 heteroatoms.